The second-order valence-corrected chi connectivity index (χ2v) is 8.99. The van der Waals surface area contributed by atoms with Gasteiger partial charge in [-0.3, -0.25) is 9.78 Å². The second kappa shape index (κ2) is 12.4. The molecule has 0 spiro atoms. The van der Waals surface area contributed by atoms with Crippen molar-refractivity contribution >= 4 is 34.7 Å². The summed E-state index contributed by atoms with van der Waals surface area (Å²) in [5.41, 5.74) is -1.16. The molecule has 2 aromatic rings. The minimum absolute atomic E-state index is 0. The molecular weight excluding hydrogens is 500 g/mol. The van der Waals surface area contributed by atoms with Gasteiger partial charge in [0.15, 0.2) is 11.4 Å². The average molecular weight is 533 g/mol. The number of aromatic nitrogens is 2. The number of nitrogens with zero attached hydrogens (tertiary/aromatic N) is 2. The molecule has 2 heterocycles. The molecule has 0 bridgehead atoms. The highest BCUT2D eigenvalue weighted by Crippen LogP contribution is 2.41. The van der Waals surface area contributed by atoms with Crippen LogP contribution in [0.25, 0.3) is 0 Å². The standard InChI is InChI=1S/C25H32N4O4.BrH/c30-23(29-22-16-27-14-15-28-22)21(18-10-12-26-13-11-18)17-33-24(31)25(32,20-8-4-5-9-20)19-6-2-1-3-7-19;/h1-3,6-7,14-16,18,20-21,26,32H,4-5,8-13,17H2,(H,28,29,30);1H. The number of carbonyl (C=O) groups is 2. The van der Waals surface area contributed by atoms with E-state index in [1.165, 1.54) is 18.6 Å². The number of benzene rings is 1. The molecule has 1 aromatic heterocycles. The van der Waals surface area contributed by atoms with Gasteiger partial charge in [0.1, 0.15) is 6.61 Å². The minimum Gasteiger partial charge on any atom is -0.462 e. The number of hydrogen-bond acceptors (Lipinski definition) is 7. The fraction of sp³-hybridized carbons (Fsp3) is 0.520. The molecule has 1 aliphatic carbocycles. The number of piperidine rings is 1. The zero-order valence-electron chi connectivity index (χ0n) is 19.2. The van der Waals surface area contributed by atoms with Crippen molar-refractivity contribution in [1.29, 1.82) is 0 Å². The Kier molecular flexibility index (Phi) is 9.55. The van der Waals surface area contributed by atoms with Gasteiger partial charge in [-0.25, -0.2) is 9.78 Å². The molecule has 1 aromatic carbocycles. The number of aliphatic hydroxyl groups is 1. The van der Waals surface area contributed by atoms with Crippen LogP contribution in [0.1, 0.15) is 44.1 Å². The summed E-state index contributed by atoms with van der Waals surface area (Å²) in [5.74, 6) is -1.24. The summed E-state index contributed by atoms with van der Waals surface area (Å²) in [7, 11) is 0. The zero-order valence-corrected chi connectivity index (χ0v) is 20.9. The lowest BCUT2D eigenvalue weighted by molar-refractivity contribution is -0.176. The Hall–Kier alpha value is -2.36. The Balaban J connectivity index is 0.00000324. The van der Waals surface area contributed by atoms with E-state index in [1.807, 2.05) is 18.2 Å². The highest BCUT2D eigenvalue weighted by Gasteiger charge is 2.48. The second-order valence-electron chi connectivity index (χ2n) is 8.99. The van der Waals surface area contributed by atoms with Gasteiger partial charge in [0, 0.05) is 18.3 Å². The normalized spacial score (nSPS) is 19.4. The summed E-state index contributed by atoms with van der Waals surface area (Å²) < 4.78 is 5.74. The van der Waals surface area contributed by atoms with Crippen LogP contribution in [0, 0.1) is 17.8 Å². The molecule has 1 aliphatic heterocycles. The Bertz CT molecular complexity index is 921. The molecule has 2 aliphatic rings. The monoisotopic (exact) mass is 532 g/mol. The molecule has 2 unspecified atom stereocenters. The first kappa shape index (κ1) is 26.2. The van der Waals surface area contributed by atoms with Crippen molar-refractivity contribution < 1.29 is 19.4 Å². The van der Waals surface area contributed by atoms with Gasteiger partial charge in [-0.2, -0.15) is 0 Å². The molecule has 1 saturated heterocycles. The molecule has 2 atom stereocenters. The van der Waals surface area contributed by atoms with Crippen LogP contribution in [-0.4, -0.2) is 46.6 Å². The van der Waals surface area contributed by atoms with Crippen LogP contribution < -0.4 is 10.6 Å². The van der Waals surface area contributed by atoms with E-state index in [0.717, 1.165) is 51.6 Å². The third-order valence-corrected chi connectivity index (χ3v) is 6.97. The number of nitrogens with one attached hydrogen (secondary N) is 2. The summed E-state index contributed by atoms with van der Waals surface area (Å²) in [6.07, 6.45) is 9.64. The number of ether oxygens (including phenoxy) is 1. The van der Waals surface area contributed by atoms with Crippen LogP contribution in [0.3, 0.4) is 0 Å². The topological polar surface area (TPSA) is 113 Å². The SMILES string of the molecule is Br.O=C(Nc1cnccn1)C(COC(=O)C(O)(c1ccccc1)C1CCCC1)C1CCNCC1. The summed E-state index contributed by atoms with van der Waals surface area (Å²) in [6, 6.07) is 9.02. The lowest BCUT2D eigenvalue weighted by Gasteiger charge is -2.34. The van der Waals surface area contributed by atoms with E-state index in [1.54, 1.807) is 12.1 Å². The van der Waals surface area contributed by atoms with Crippen molar-refractivity contribution in [3.63, 3.8) is 0 Å². The smallest absolute Gasteiger partial charge is 0.343 e. The lowest BCUT2D eigenvalue weighted by Crippen LogP contribution is -2.45. The van der Waals surface area contributed by atoms with Gasteiger partial charge >= 0.3 is 5.97 Å². The van der Waals surface area contributed by atoms with Crippen molar-refractivity contribution in [3.8, 4) is 0 Å². The Morgan fingerprint density at radius 3 is 2.47 bits per heavy atom. The number of hydrogen-bond donors (Lipinski definition) is 3. The van der Waals surface area contributed by atoms with E-state index in [2.05, 4.69) is 20.6 Å². The number of rotatable bonds is 8. The highest BCUT2D eigenvalue weighted by molar-refractivity contribution is 8.93. The van der Waals surface area contributed by atoms with E-state index in [0.29, 0.717) is 11.4 Å². The van der Waals surface area contributed by atoms with Crippen LogP contribution in [0.2, 0.25) is 0 Å². The van der Waals surface area contributed by atoms with Gasteiger partial charge in [-0.15, -0.1) is 17.0 Å². The fourth-order valence-electron chi connectivity index (χ4n) is 5.09. The first-order valence-electron chi connectivity index (χ1n) is 11.8. The van der Waals surface area contributed by atoms with Crippen LogP contribution in [0.4, 0.5) is 5.82 Å². The van der Waals surface area contributed by atoms with Crippen molar-refractivity contribution in [1.82, 2.24) is 15.3 Å². The summed E-state index contributed by atoms with van der Waals surface area (Å²) >= 11 is 0. The van der Waals surface area contributed by atoms with Gasteiger partial charge in [0.2, 0.25) is 5.91 Å². The maximum absolute atomic E-state index is 13.4. The van der Waals surface area contributed by atoms with E-state index in [9.17, 15) is 14.7 Å². The van der Waals surface area contributed by atoms with Gasteiger partial charge in [0.05, 0.1) is 12.1 Å². The van der Waals surface area contributed by atoms with Gasteiger partial charge < -0.3 is 20.5 Å². The number of esters is 1. The van der Waals surface area contributed by atoms with Gasteiger partial charge in [-0.1, -0.05) is 43.2 Å². The van der Waals surface area contributed by atoms with Crippen LogP contribution in [0.5, 0.6) is 0 Å². The zero-order chi connectivity index (χ0) is 23.1. The van der Waals surface area contributed by atoms with Crippen molar-refractivity contribution in [2.24, 2.45) is 17.8 Å². The van der Waals surface area contributed by atoms with Crippen molar-refractivity contribution in [2.45, 2.75) is 44.1 Å². The molecule has 1 saturated carbocycles. The van der Waals surface area contributed by atoms with Crippen molar-refractivity contribution in [2.75, 3.05) is 25.0 Å². The third-order valence-electron chi connectivity index (χ3n) is 6.97. The summed E-state index contributed by atoms with van der Waals surface area (Å²) in [4.78, 5) is 34.6. The van der Waals surface area contributed by atoms with Crippen LogP contribution in [-0.2, 0) is 19.9 Å². The number of anilines is 1. The molecule has 2 fully saturated rings. The Labute approximate surface area is 210 Å². The number of amides is 1. The first-order valence-corrected chi connectivity index (χ1v) is 11.8. The van der Waals surface area contributed by atoms with Gasteiger partial charge in [0.25, 0.3) is 0 Å². The quantitative estimate of drug-likeness (QED) is 0.447. The van der Waals surface area contributed by atoms with Crippen molar-refractivity contribution in [3.05, 3.63) is 54.5 Å². The third kappa shape index (κ3) is 6.00. The summed E-state index contributed by atoms with van der Waals surface area (Å²) in [5, 5.41) is 17.8. The van der Waals surface area contributed by atoms with Gasteiger partial charge in [-0.05, 0) is 50.3 Å². The molecule has 3 N–H and O–H groups in total. The van der Waals surface area contributed by atoms with E-state index >= 15 is 0 Å². The van der Waals surface area contributed by atoms with E-state index < -0.39 is 17.5 Å². The predicted octanol–water partition coefficient (Wildman–Crippen LogP) is 3.23. The maximum Gasteiger partial charge on any atom is 0.343 e. The van der Waals surface area contributed by atoms with Crippen LogP contribution >= 0.6 is 17.0 Å². The first-order chi connectivity index (χ1) is 16.1. The van der Waals surface area contributed by atoms with E-state index in [4.69, 9.17) is 4.74 Å². The highest BCUT2D eigenvalue weighted by atomic mass is 79.9. The molecular formula is C25H33BrN4O4. The molecule has 9 heteroatoms. The number of carbonyl (C=O) groups excluding carboxylic acids is 2. The lowest BCUT2D eigenvalue weighted by atomic mass is 9.80. The largest absolute Gasteiger partial charge is 0.462 e. The number of halogens is 1. The predicted molar refractivity (Wildman–Crippen MR) is 133 cm³/mol. The molecule has 4 rings (SSSR count). The summed E-state index contributed by atoms with van der Waals surface area (Å²) in [6.45, 7) is 1.53. The Morgan fingerprint density at radius 1 is 1.12 bits per heavy atom. The Morgan fingerprint density at radius 2 is 1.82 bits per heavy atom. The molecule has 1 amide bonds. The van der Waals surface area contributed by atoms with Crippen LogP contribution in [0.15, 0.2) is 48.9 Å². The molecule has 184 valence electrons. The molecule has 34 heavy (non-hydrogen) atoms. The maximum atomic E-state index is 13.4. The minimum atomic E-state index is -1.71. The fourth-order valence-corrected chi connectivity index (χ4v) is 5.09. The van der Waals surface area contributed by atoms with E-state index in [-0.39, 0.29) is 41.3 Å². The molecule has 8 nitrogen and oxygen atoms in total. The molecule has 0 radical (unpaired) electrons. The average Bonchev–Trinajstić information content (AvgIpc) is 3.41.